The molecule has 1 unspecified atom stereocenters. The number of rotatable bonds is 13. The van der Waals surface area contributed by atoms with Crippen LogP contribution >= 0.6 is 0 Å². The van der Waals surface area contributed by atoms with Crippen LogP contribution in [0.2, 0.25) is 0 Å². The maximum atomic E-state index is 13.3. The Morgan fingerprint density at radius 2 is 1.71 bits per heavy atom. The van der Waals surface area contributed by atoms with Gasteiger partial charge in [0, 0.05) is 49.3 Å². The Kier molecular flexibility index (Phi) is 11.3. The molecule has 1 N–H and O–H groups in total. The van der Waals surface area contributed by atoms with Crippen LogP contribution in [0.4, 0.5) is 10.1 Å². The molecule has 0 saturated carbocycles. The van der Waals surface area contributed by atoms with Crippen LogP contribution in [0.15, 0.2) is 48.5 Å². The van der Waals surface area contributed by atoms with Crippen molar-refractivity contribution in [1.82, 2.24) is 9.88 Å². The van der Waals surface area contributed by atoms with Crippen molar-refractivity contribution in [3.05, 3.63) is 76.9 Å². The smallest absolute Gasteiger partial charge is 0.337 e. The number of ether oxygens (including phenoxy) is 3. The van der Waals surface area contributed by atoms with Gasteiger partial charge in [-0.25, -0.2) is 9.18 Å². The van der Waals surface area contributed by atoms with Gasteiger partial charge in [0.25, 0.3) is 0 Å². The number of carboxylic acid groups (broad SMARTS) is 1. The average molecular weight is 676 g/mol. The quantitative estimate of drug-likeness (QED) is 0.199. The van der Waals surface area contributed by atoms with Crippen molar-refractivity contribution < 1.29 is 33.3 Å². The Balaban J connectivity index is 1.56. The molecule has 10 heteroatoms. The number of nitrogens with zero attached hydrogens (tertiary/aromatic N) is 3. The van der Waals surface area contributed by atoms with Crippen LogP contribution in [0.3, 0.4) is 0 Å². The lowest BCUT2D eigenvalue weighted by Crippen LogP contribution is -2.39. The van der Waals surface area contributed by atoms with E-state index in [1.807, 2.05) is 52.0 Å². The van der Waals surface area contributed by atoms with Crippen LogP contribution in [0.1, 0.15) is 88.9 Å². The predicted molar refractivity (Wildman–Crippen MR) is 187 cm³/mol. The predicted octanol–water partition coefficient (Wildman–Crippen LogP) is 7.48. The van der Waals surface area contributed by atoms with Crippen LogP contribution in [0, 0.1) is 18.2 Å². The highest BCUT2D eigenvalue weighted by Gasteiger charge is 2.37. The first-order chi connectivity index (χ1) is 23.2. The summed E-state index contributed by atoms with van der Waals surface area (Å²) in [6, 6.07) is 14.1. The van der Waals surface area contributed by atoms with E-state index in [2.05, 4.69) is 18.7 Å². The Bertz CT molecular complexity index is 1610. The molecule has 1 atom stereocenters. The summed E-state index contributed by atoms with van der Waals surface area (Å²) in [4.78, 5) is 34.2. The zero-order valence-corrected chi connectivity index (χ0v) is 29.7. The summed E-state index contributed by atoms with van der Waals surface area (Å²) in [5, 5.41) is 10.6. The molecule has 0 radical (unpaired) electrons. The number of benzene rings is 2. The minimum Gasteiger partial charge on any atom is -0.493 e. The van der Waals surface area contributed by atoms with Crippen LogP contribution in [0.5, 0.6) is 5.75 Å². The second kappa shape index (κ2) is 15.3. The number of halogens is 1. The van der Waals surface area contributed by atoms with Crippen LogP contribution in [-0.2, 0) is 32.1 Å². The fourth-order valence-corrected chi connectivity index (χ4v) is 6.48. The highest BCUT2D eigenvalue weighted by Crippen LogP contribution is 2.45. The Hall–Kier alpha value is -4.02. The highest BCUT2D eigenvalue weighted by molar-refractivity contribution is 5.88. The first kappa shape index (κ1) is 36.3. The van der Waals surface area contributed by atoms with E-state index in [9.17, 15) is 19.1 Å². The molecule has 2 aliphatic heterocycles. The number of hydrogen-bond donors (Lipinski definition) is 1. The monoisotopic (exact) mass is 675 g/mol. The molecule has 264 valence electrons. The normalized spacial score (nSPS) is 17.0. The number of carbonyl (C=O) groups excluding carboxylic acids is 1. The summed E-state index contributed by atoms with van der Waals surface area (Å²) in [5.74, 6) is -0.589. The molecule has 5 rings (SSSR count). The van der Waals surface area contributed by atoms with Crippen LogP contribution in [-0.4, -0.2) is 65.4 Å². The maximum Gasteiger partial charge on any atom is 0.337 e. The molecule has 3 heterocycles. The summed E-state index contributed by atoms with van der Waals surface area (Å²) in [5.41, 5.74) is 4.61. The summed E-state index contributed by atoms with van der Waals surface area (Å²) < 4.78 is 31.8. The van der Waals surface area contributed by atoms with E-state index in [4.69, 9.17) is 19.2 Å². The summed E-state index contributed by atoms with van der Waals surface area (Å²) >= 11 is 0. The van der Waals surface area contributed by atoms with E-state index in [-0.39, 0.29) is 30.5 Å². The summed E-state index contributed by atoms with van der Waals surface area (Å²) in [7, 11) is 0. The van der Waals surface area contributed by atoms with Gasteiger partial charge in [-0.2, -0.15) is 0 Å². The van der Waals surface area contributed by atoms with Gasteiger partial charge in [-0.3, -0.25) is 9.78 Å². The van der Waals surface area contributed by atoms with Crippen LogP contribution in [0.25, 0.3) is 11.1 Å². The second-order valence-corrected chi connectivity index (χ2v) is 14.9. The fraction of sp³-hybridized carbons (Fsp3) is 0.513. The number of piperidine rings is 1. The molecule has 3 aromatic rings. The maximum absolute atomic E-state index is 13.3. The standard InChI is InChI=1S/C39H50FN3O6/c1-26-33(36(37(45)46)49-38(2,3)4)35(42-21-18-39(5,6)19-22-42)34(31(41-26)24-47-25-43-20-7-8-32(43)44)28-11-15-30(16-12-28)48-23-17-27-9-13-29(40)14-10-27/h9-16,36H,7-8,17-25H2,1-6H3,(H,45,46). The molecule has 2 aromatic carbocycles. The van der Waals surface area contributed by atoms with E-state index in [1.165, 1.54) is 12.1 Å². The van der Waals surface area contributed by atoms with Gasteiger partial charge < -0.3 is 29.1 Å². The summed E-state index contributed by atoms with van der Waals surface area (Å²) in [6.07, 6.45) is 2.61. The number of aryl methyl sites for hydroxylation is 1. The lowest BCUT2D eigenvalue weighted by molar-refractivity contribution is -0.160. The highest BCUT2D eigenvalue weighted by atomic mass is 19.1. The third kappa shape index (κ3) is 9.36. The fourth-order valence-electron chi connectivity index (χ4n) is 6.48. The molecular formula is C39H50FN3O6. The van der Waals surface area contributed by atoms with Gasteiger partial charge >= 0.3 is 5.97 Å². The number of carbonyl (C=O) groups is 2. The van der Waals surface area contributed by atoms with E-state index in [0.717, 1.165) is 54.7 Å². The van der Waals surface area contributed by atoms with Crippen molar-refractivity contribution in [3.8, 4) is 16.9 Å². The van der Waals surface area contributed by atoms with Gasteiger partial charge in [0.2, 0.25) is 5.91 Å². The van der Waals surface area contributed by atoms with Crippen molar-refractivity contribution >= 4 is 17.6 Å². The number of carboxylic acids is 1. The SMILES string of the molecule is Cc1nc(COCN2CCCC2=O)c(-c2ccc(OCCc3ccc(F)cc3)cc2)c(N2CCC(C)(C)CC2)c1C(OC(C)(C)C)C(=O)O. The second-order valence-electron chi connectivity index (χ2n) is 14.9. The third-order valence-electron chi connectivity index (χ3n) is 9.24. The largest absolute Gasteiger partial charge is 0.493 e. The average Bonchev–Trinajstić information content (AvgIpc) is 3.45. The number of aromatic nitrogens is 1. The molecule has 49 heavy (non-hydrogen) atoms. The lowest BCUT2D eigenvalue weighted by atomic mass is 9.81. The third-order valence-corrected chi connectivity index (χ3v) is 9.24. The van der Waals surface area contributed by atoms with Crippen molar-refractivity contribution in [2.75, 3.05) is 37.9 Å². The van der Waals surface area contributed by atoms with Gasteiger partial charge in [-0.05, 0) is 87.8 Å². The number of amides is 1. The topological polar surface area (TPSA) is 101 Å². The number of likely N-dealkylation sites (tertiary alicyclic amines) is 1. The number of hydrogen-bond acceptors (Lipinski definition) is 7. The number of aliphatic carboxylic acids is 1. The van der Waals surface area contributed by atoms with E-state index in [0.29, 0.717) is 48.7 Å². The van der Waals surface area contributed by atoms with Crippen LogP contribution < -0.4 is 9.64 Å². The molecule has 2 aliphatic rings. The van der Waals surface area contributed by atoms with Crippen molar-refractivity contribution in [1.29, 1.82) is 0 Å². The minimum atomic E-state index is -1.25. The van der Waals surface area contributed by atoms with E-state index in [1.54, 1.807) is 17.0 Å². The van der Waals surface area contributed by atoms with E-state index >= 15 is 0 Å². The van der Waals surface area contributed by atoms with Gasteiger partial charge in [0.15, 0.2) is 6.10 Å². The van der Waals surface area contributed by atoms with Gasteiger partial charge in [-0.15, -0.1) is 0 Å². The Morgan fingerprint density at radius 3 is 2.31 bits per heavy atom. The molecule has 0 bridgehead atoms. The van der Waals surface area contributed by atoms with Gasteiger partial charge in [0.1, 0.15) is 18.3 Å². The first-order valence-corrected chi connectivity index (χ1v) is 17.2. The zero-order valence-electron chi connectivity index (χ0n) is 29.7. The van der Waals surface area contributed by atoms with Crippen molar-refractivity contribution in [2.45, 2.75) is 92.0 Å². The lowest BCUT2D eigenvalue weighted by Gasteiger charge is -2.41. The van der Waals surface area contributed by atoms with Crippen molar-refractivity contribution in [2.24, 2.45) is 5.41 Å². The first-order valence-electron chi connectivity index (χ1n) is 17.2. The number of pyridine rings is 1. The molecule has 9 nitrogen and oxygen atoms in total. The molecule has 1 amide bonds. The van der Waals surface area contributed by atoms with Gasteiger partial charge in [0.05, 0.1) is 30.2 Å². The molecule has 1 aromatic heterocycles. The van der Waals surface area contributed by atoms with E-state index < -0.39 is 17.7 Å². The molecular weight excluding hydrogens is 625 g/mol. The van der Waals surface area contributed by atoms with Gasteiger partial charge in [-0.1, -0.05) is 38.1 Å². The molecule has 0 spiro atoms. The molecule has 0 aliphatic carbocycles. The molecule has 2 saturated heterocycles. The summed E-state index contributed by atoms with van der Waals surface area (Å²) in [6.45, 7) is 14.8. The van der Waals surface area contributed by atoms with Crippen molar-refractivity contribution in [3.63, 3.8) is 0 Å². The zero-order chi connectivity index (χ0) is 35.3. The number of anilines is 1. The Labute approximate surface area is 289 Å². The Morgan fingerprint density at radius 1 is 1.04 bits per heavy atom. The minimum absolute atomic E-state index is 0.0787. The molecule has 2 fully saturated rings.